The molecular formula is C24H23NO4. The molecule has 0 bridgehead atoms. The van der Waals surface area contributed by atoms with Gasteiger partial charge in [-0.25, -0.2) is 0 Å². The number of para-hydroxylation sites is 1. The number of hydrogen-bond acceptors (Lipinski definition) is 5. The van der Waals surface area contributed by atoms with Crippen LogP contribution in [0, 0.1) is 0 Å². The summed E-state index contributed by atoms with van der Waals surface area (Å²) in [7, 11) is 4.78. The number of rotatable bonds is 7. The fourth-order valence-electron chi connectivity index (χ4n) is 2.80. The number of aromatic hydroxyl groups is 1. The summed E-state index contributed by atoms with van der Waals surface area (Å²) < 4.78 is 16.1. The molecule has 1 N–H and O–H groups in total. The molecule has 0 aliphatic heterocycles. The van der Waals surface area contributed by atoms with Crippen molar-refractivity contribution in [3.05, 3.63) is 77.4 Å². The molecule has 0 aromatic heterocycles. The van der Waals surface area contributed by atoms with Gasteiger partial charge in [-0.05, 0) is 47.5 Å². The van der Waals surface area contributed by atoms with Crippen LogP contribution in [-0.4, -0.2) is 32.7 Å². The molecule has 0 aliphatic rings. The van der Waals surface area contributed by atoms with Gasteiger partial charge in [0.15, 0.2) is 11.5 Å². The number of benzene rings is 3. The van der Waals surface area contributed by atoms with Crippen molar-refractivity contribution in [3.63, 3.8) is 0 Å². The monoisotopic (exact) mass is 389 g/mol. The van der Waals surface area contributed by atoms with Gasteiger partial charge >= 0.3 is 0 Å². The number of phenolic OH excluding ortho intramolecular Hbond substituents is 1. The number of methoxy groups -OCH3 is 3. The summed E-state index contributed by atoms with van der Waals surface area (Å²) in [5.74, 6) is 2.00. The van der Waals surface area contributed by atoms with Crippen molar-refractivity contribution >= 4 is 24.1 Å². The van der Waals surface area contributed by atoms with E-state index < -0.39 is 0 Å². The van der Waals surface area contributed by atoms with Crippen LogP contribution in [-0.2, 0) is 0 Å². The summed E-state index contributed by atoms with van der Waals surface area (Å²) in [5, 5.41) is 9.79. The first kappa shape index (κ1) is 20.0. The summed E-state index contributed by atoms with van der Waals surface area (Å²) in [6, 6.07) is 18.7. The second-order valence-electron chi connectivity index (χ2n) is 6.20. The number of ether oxygens (including phenoxy) is 3. The fourth-order valence-corrected chi connectivity index (χ4v) is 2.80. The SMILES string of the molecule is COc1cc(C=Cc2ccc(N=Cc3ccccc3O)cc2)cc(OC)c1OC. The predicted octanol–water partition coefficient (Wildman–Crippen LogP) is 5.34. The number of phenols is 1. The van der Waals surface area contributed by atoms with Gasteiger partial charge in [0.2, 0.25) is 5.75 Å². The molecule has 0 atom stereocenters. The molecule has 0 fully saturated rings. The van der Waals surface area contributed by atoms with Crippen molar-refractivity contribution in [2.45, 2.75) is 0 Å². The molecule has 3 aromatic rings. The van der Waals surface area contributed by atoms with E-state index in [9.17, 15) is 5.11 Å². The minimum absolute atomic E-state index is 0.209. The van der Waals surface area contributed by atoms with Gasteiger partial charge < -0.3 is 19.3 Å². The zero-order chi connectivity index (χ0) is 20.6. The van der Waals surface area contributed by atoms with Crippen LogP contribution in [0.15, 0.2) is 65.7 Å². The van der Waals surface area contributed by atoms with Gasteiger partial charge in [0.25, 0.3) is 0 Å². The highest BCUT2D eigenvalue weighted by molar-refractivity contribution is 5.85. The Hall–Kier alpha value is -3.73. The van der Waals surface area contributed by atoms with E-state index in [4.69, 9.17) is 14.2 Å². The van der Waals surface area contributed by atoms with E-state index >= 15 is 0 Å². The molecule has 0 amide bonds. The Morgan fingerprint density at radius 1 is 0.759 bits per heavy atom. The quantitative estimate of drug-likeness (QED) is 0.438. The highest BCUT2D eigenvalue weighted by Crippen LogP contribution is 2.38. The summed E-state index contributed by atoms with van der Waals surface area (Å²) in [6.07, 6.45) is 5.62. The molecule has 0 aliphatic carbocycles. The van der Waals surface area contributed by atoms with Crippen LogP contribution in [0.4, 0.5) is 5.69 Å². The Balaban J connectivity index is 1.76. The number of hydrogen-bond donors (Lipinski definition) is 1. The topological polar surface area (TPSA) is 60.3 Å². The van der Waals surface area contributed by atoms with Crippen molar-refractivity contribution < 1.29 is 19.3 Å². The van der Waals surface area contributed by atoms with Gasteiger partial charge in [-0.1, -0.05) is 36.4 Å². The lowest BCUT2D eigenvalue weighted by Crippen LogP contribution is -1.95. The van der Waals surface area contributed by atoms with Crippen LogP contribution < -0.4 is 14.2 Å². The Morgan fingerprint density at radius 3 is 1.97 bits per heavy atom. The van der Waals surface area contributed by atoms with Crippen LogP contribution in [0.25, 0.3) is 12.2 Å². The second kappa shape index (κ2) is 9.46. The van der Waals surface area contributed by atoms with Crippen LogP contribution >= 0.6 is 0 Å². The molecular weight excluding hydrogens is 366 g/mol. The normalized spacial score (nSPS) is 11.1. The minimum Gasteiger partial charge on any atom is -0.507 e. The van der Waals surface area contributed by atoms with E-state index in [1.165, 1.54) is 0 Å². The maximum Gasteiger partial charge on any atom is 0.203 e. The molecule has 0 saturated heterocycles. The number of nitrogens with zero attached hydrogens (tertiary/aromatic N) is 1. The lowest BCUT2D eigenvalue weighted by Gasteiger charge is -2.12. The standard InChI is InChI=1S/C24H23NO4/c1-27-22-14-18(15-23(28-2)24(22)29-3)9-8-17-10-12-20(13-11-17)25-16-19-6-4-5-7-21(19)26/h4-16,26H,1-3H3. The van der Waals surface area contributed by atoms with Gasteiger partial charge in [0, 0.05) is 11.8 Å². The third kappa shape index (κ3) is 4.96. The molecule has 148 valence electrons. The summed E-state index contributed by atoms with van der Waals surface area (Å²) in [4.78, 5) is 4.41. The van der Waals surface area contributed by atoms with E-state index in [1.807, 2.05) is 60.7 Å². The summed E-state index contributed by atoms with van der Waals surface area (Å²) in [5.41, 5.74) is 3.44. The van der Waals surface area contributed by atoms with E-state index in [0.717, 1.165) is 16.8 Å². The first-order chi connectivity index (χ1) is 14.1. The average molecular weight is 389 g/mol. The largest absolute Gasteiger partial charge is 0.507 e. The van der Waals surface area contributed by atoms with Gasteiger partial charge in [-0.2, -0.15) is 0 Å². The highest BCUT2D eigenvalue weighted by Gasteiger charge is 2.11. The third-order valence-corrected chi connectivity index (χ3v) is 4.34. The van der Waals surface area contributed by atoms with E-state index in [1.54, 1.807) is 39.7 Å². The molecule has 5 nitrogen and oxygen atoms in total. The third-order valence-electron chi connectivity index (χ3n) is 4.34. The van der Waals surface area contributed by atoms with Crippen LogP contribution in [0.3, 0.4) is 0 Å². The zero-order valence-electron chi connectivity index (χ0n) is 16.6. The van der Waals surface area contributed by atoms with Crippen LogP contribution in [0.5, 0.6) is 23.0 Å². The molecule has 0 spiro atoms. The molecule has 0 unspecified atom stereocenters. The van der Waals surface area contributed by atoms with Crippen molar-refractivity contribution in [3.8, 4) is 23.0 Å². The highest BCUT2D eigenvalue weighted by atomic mass is 16.5. The minimum atomic E-state index is 0.209. The predicted molar refractivity (Wildman–Crippen MR) is 117 cm³/mol. The van der Waals surface area contributed by atoms with Crippen LogP contribution in [0.1, 0.15) is 16.7 Å². The lowest BCUT2D eigenvalue weighted by molar-refractivity contribution is 0.324. The maximum absolute atomic E-state index is 9.79. The number of aliphatic imine (C=N–C) groups is 1. The fraction of sp³-hybridized carbons (Fsp3) is 0.125. The average Bonchev–Trinajstić information content (AvgIpc) is 2.77. The summed E-state index contributed by atoms with van der Waals surface area (Å²) >= 11 is 0. The molecule has 5 heteroatoms. The van der Waals surface area contributed by atoms with Gasteiger partial charge in [0.05, 0.1) is 27.0 Å². The van der Waals surface area contributed by atoms with E-state index in [0.29, 0.717) is 22.8 Å². The van der Waals surface area contributed by atoms with Crippen molar-refractivity contribution in [2.75, 3.05) is 21.3 Å². The maximum atomic E-state index is 9.79. The molecule has 3 rings (SSSR count). The lowest BCUT2D eigenvalue weighted by atomic mass is 10.1. The van der Waals surface area contributed by atoms with Gasteiger partial charge in [-0.3, -0.25) is 4.99 Å². The van der Waals surface area contributed by atoms with E-state index in [-0.39, 0.29) is 5.75 Å². The smallest absolute Gasteiger partial charge is 0.203 e. The Bertz CT molecular complexity index is 998. The molecule has 29 heavy (non-hydrogen) atoms. The first-order valence-electron chi connectivity index (χ1n) is 9.05. The molecule has 0 saturated carbocycles. The first-order valence-corrected chi connectivity index (χ1v) is 9.05. The van der Waals surface area contributed by atoms with Gasteiger partial charge in [-0.15, -0.1) is 0 Å². The van der Waals surface area contributed by atoms with E-state index in [2.05, 4.69) is 4.99 Å². The zero-order valence-corrected chi connectivity index (χ0v) is 16.6. The van der Waals surface area contributed by atoms with Crippen LogP contribution in [0.2, 0.25) is 0 Å². The van der Waals surface area contributed by atoms with Crippen molar-refractivity contribution in [1.29, 1.82) is 0 Å². The molecule has 0 heterocycles. The second-order valence-corrected chi connectivity index (χ2v) is 6.20. The van der Waals surface area contributed by atoms with Crippen molar-refractivity contribution in [1.82, 2.24) is 0 Å². The van der Waals surface area contributed by atoms with Gasteiger partial charge in [0.1, 0.15) is 5.75 Å². The Morgan fingerprint density at radius 2 is 1.38 bits per heavy atom. The van der Waals surface area contributed by atoms with Crippen molar-refractivity contribution in [2.24, 2.45) is 4.99 Å². The summed E-state index contributed by atoms with van der Waals surface area (Å²) in [6.45, 7) is 0. The molecule has 3 aromatic carbocycles. The Labute approximate surface area is 170 Å². The Kier molecular flexibility index (Phi) is 6.53. The molecule has 0 radical (unpaired) electrons.